The van der Waals surface area contributed by atoms with Gasteiger partial charge in [-0.2, -0.15) is 0 Å². The van der Waals surface area contributed by atoms with Crippen molar-refractivity contribution >= 4 is 34.8 Å². The third-order valence-electron chi connectivity index (χ3n) is 3.41. The van der Waals surface area contributed by atoms with Crippen LogP contribution in [0, 0.1) is 13.8 Å². The number of hydrogen-bond acceptors (Lipinski definition) is 6. The van der Waals surface area contributed by atoms with E-state index in [9.17, 15) is 4.79 Å². The van der Waals surface area contributed by atoms with E-state index in [0.717, 1.165) is 26.8 Å². The molecule has 0 aliphatic rings. The molecule has 0 unspecified atom stereocenters. The zero-order valence-corrected chi connectivity index (χ0v) is 16.0. The summed E-state index contributed by atoms with van der Waals surface area (Å²) in [5.41, 5.74) is 9.46. The molecule has 0 atom stereocenters. The number of amides is 1. The molecule has 0 radical (unpaired) electrons. The van der Waals surface area contributed by atoms with Crippen molar-refractivity contribution in [3.05, 3.63) is 63.9 Å². The topological polar surface area (TPSA) is 92.4 Å². The largest absolute Gasteiger partial charge is 0.397 e. The summed E-state index contributed by atoms with van der Waals surface area (Å²) in [4.78, 5) is 20.6. The summed E-state index contributed by atoms with van der Waals surface area (Å²) in [7, 11) is 0. The predicted octanol–water partition coefficient (Wildman–Crippen LogP) is 3.35. The Labute approximate surface area is 157 Å². The Morgan fingerprint density at radius 1 is 1.42 bits per heavy atom. The molecule has 0 spiro atoms. The molecule has 6 nitrogen and oxygen atoms in total. The second-order valence-corrected chi connectivity index (χ2v) is 6.93. The molecule has 0 aliphatic carbocycles. The number of carbonyl (C=O) groups excluding carboxylic acids is 1. The Hall–Kier alpha value is -2.93. The Morgan fingerprint density at radius 2 is 2.19 bits per heavy atom. The lowest BCUT2D eigenvalue weighted by atomic mass is 10.2. The Bertz CT molecular complexity index is 867. The summed E-state index contributed by atoms with van der Waals surface area (Å²) in [6, 6.07) is 7.69. The van der Waals surface area contributed by atoms with Gasteiger partial charge in [0.1, 0.15) is 5.82 Å². The van der Waals surface area contributed by atoms with Gasteiger partial charge in [-0.3, -0.25) is 4.79 Å². The quantitative estimate of drug-likeness (QED) is 0.653. The molecule has 1 aromatic heterocycles. The van der Waals surface area contributed by atoms with E-state index in [-0.39, 0.29) is 5.91 Å². The summed E-state index contributed by atoms with van der Waals surface area (Å²) >= 11 is 1.56. The first-order valence-corrected chi connectivity index (χ1v) is 8.90. The van der Waals surface area contributed by atoms with E-state index in [1.807, 2.05) is 38.1 Å². The number of aliphatic imine (C=N–C) groups is 1. The van der Waals surface area contributed by atoms with E-state index in [0.29, 0.717) is 18.1 Å². The maximum absolute atomic E-state index is 11.0. The van der Waals surface area contributed by atoms with E-state index >= 15 is 0 Å². The van der Waals surface area contributed by atoms with Crippen molar-refractivity contribution in [2.75, 3.05) is 5.32 Å². The molecule has 2 aromatic rings. The van der Waals surface area contributed by atoms with Crippen molar-refractivity contribution in [2.24, 2.45) is 10.7 Å². The minimum atomic E-state index is -0.0619. The maximum atomic E-state index is 11.0. The van der Waals surface area contributed by atoms with Crippen LogP contribution < -0.4 is 16.4 Å². The first kappa shape index (κ1) is 19.4. The van der Waals surface area contributed by atoms with Crippen LogP contribution in [0.4, 0.5) is 5.69 Å². The standard InChI is InChI=1S/C19H23N5OS/c1-12-19(26-15(4)23-12)18(20)8-9-21-13(2)24-17-7-5-6-16(10-17)11-22-14(3)25/h5-10,24H,2,11,20H2,1,3-4H3,(H,22,25)/b18-8-,21-9-. The molecule has 0 saturated heterocycles. The normalized spacial score (nSPS) is 11.6. The van der Waals surface area contributed by atoms with Crippen LogP contribution in [0.5, 0.6) is 0 Å². The fraction of sp³-hybridized carbons (Fsp3) is 0.211. The van der Waals surface area contributed by atoms with Crippen LogP contribution in [-0.4, -0.2) is 17.1 Å². The number of rotatable bonds is 7. The zero-order chi connectivity index (χ0) is 19.1. The molecule has 2 rings (SSSR count). The highest BCUT2D eigenvalue weighted by molar-refractivity contribution is 7.12. The second kappa shape index (κ2) is 8.96. The summed E-state index contributed by atoms with van der Waals surface area (Å²) in [5, 5.41) is 6.86. The van der Waals surface area contributed by atoms with Crippen molar-refractivity contribution in [1.82, 2.24) is 10.3 Å². The maximum Gasteiger partial charge on any atom is 0.217 e. The lowest BCUT2D eigenvalue weighted by Crippen LogP contribution is -2.18. The monoisotopic (exact) mass is 369 g/mol. The first-order chi connectivity index (χ1) is 12.3. The molecule has 4 N–H and O–H groups in total. The van der Waals surface area contributed by atoms with Gasteiger partial charge >= 0.3 is 0 Å². The van der Waals surface area contributed by atoms with Crippen LogP contribution in [0.1, 0.15) is 28.1 Å². The van der Waals surface area contributed by atoms with Gasteiger partial charge in [-0.25, -0.2) is 9.98 Å². The number of anilines is 1. The van der Waals surface area contributed by atoms with Crippen molar-refractivity contribution in [3.8, 4) is 0 Å². The number of nitrogens with zero attached hydrogens (tertiary/aromatic N) is 2. The second-order valence-electron chi connectivity index (χ2n) is 5.73. The van der Waals surface area contributed by atoms with Crippen molar-refractivity contribution in [2.45, 2.75) is 27.3 Å². The lowest BCUT2D eigenvalue weighted by Gasteiger charge is -2.08. The summed E-state index contributed by atoms with van der Waals surface area (Å²) in [6.07, 6.45) is 3.35. The van der Waals surface area contributed by atoms with Gasteiger partial charge in [0.05, 0.1) is 21.3 Å². The fourth-order valence-corrected chi connectivity index (χ4v) is 3.12. The van der Waals surface area contributed by atoms with E-state index in [4.69, 9.17) is 5.73 Å². The van der Waals surface area contributed by atoms with Gasteiger partial charge in [-0.05, 0) is 37.6 Å². The Morgan fingerprint density at radius 3 is 2.85 bits per heavy atom. The Balaban J connectivity index is 1.96. The highest BCUT2D eigenvalue weighted by atomic mass is 32.1. The van der Waals surface area contributed by atoms with Gasteiger partial charge < -0.3 is 16.4 Å². The van der Waals surface area contributed by atoms with Gasteiger partial charge in [-0.1, -0.05) is 18.7 Å². The van der Waals surface area contributed by atoms with Gasteiger partial charge in [-0.15, -0.1) is 11.3 Å². The molecule has 1 heterocycles. The summed E-state index contributed by atoms with van der Waals surface area (Å²) < 4.78 is 0. The third kappa shape index (κ3) is 5.86. The van der Waals surface area contributed by atoms with Crippen molar-refractivity contribution in [3.63, 3.8) is 0 Å². The number of aromatic nitrogens is 1. The molecule has 136 valence electrons. The average Bonchev–Trinajstić information content (AvgIpc) is 2.91. The molecule has 0 fully saturated rings. The van der Waals surface area contributed by atoms with Gasteiger partial charge in [0.2, 0.25) is 5.91 Å². The number of allylic oxidation sites excluding steroid dienone is 1. The van der Waals surface area contributed by atoms with E-state index in [2.05, 4.69) is 27.2 Å². The predicted molar refractivity (Wildman–Crippen MR) is 109 cm³/mol. The van der Waals surface area contributed by atoms with E-state index < -0.39 is 0 Å². The lowest BCUT2D eigenvalue weighted by molar-refractivity contribution is -0.119. The molecule has 0 saturated carbocycles. The van der Waals surface area contributed by atoms with E-state index in [1.54, 1.807) is 23.6 Å². The van der Waals surface area contributed by atoms with Gasteiger partial charge in [0.25, 0.3) is 0 Å². The summed E-state index contributed by atoms with van der Waals surface area (Å²) in [6.45, 7) is 9.75. The third-order valence-corrected chi connectivity index (χ3v) is 4.53. The average molecular weight is 369 g/mol. The molecular formula is C19H23N5OS. The highest BCUT2D eigenvalue weighted by Gasteiger charge is 2.06. The van der Waals surface area contributed by atoms with Crippen LogP contribution in [-0.2, 0) is 11.3 Å². The highest BCUT2D eigenvalue weighted by Crippen LogP contribution is 2.22. The van der Waals surface area contributed by atoms with Crippen LogP contribution >= 0.6 is 11.3 Å². The van der Waals surface area contributed by atoms with Gasteiger partial charge in [0, 0.05) is 25.4 Å². The molecule has 1 aromatic carbocycles. The van der Waals surface area contributed by atoms with Crippen LogP contribution in [0.2, 0.25) is 0 Å². The number of hydrogen-bond donors (Lipinski definition) is 3. The van der Waals surface area contributed by atoms with Crippen LogP contribution in [0.3, 0.4) is 0 Å². The number of thiazole rings is 1. The first-order valence-electron chi connectivity index (χ1n) is 8.08. The molecule has 0 bridgehead atoms. The molecule has 7 heteroatoms. The molecular weight excluding hydrogens is 346 g/mol. The SMILES string of the molecule is C=C(/N=C\C=C(/N)c1sc(C)nc1C)Nc1cccc(CNC(C)=O)c1. The summed E-state index contributed by atoms with van der Waals surface area (Å²) in [5.74, 6) is 0.427. The minimum absolute atomic E-state index is 0.0619. The Kier molecular flexibility index (Phi) is 6.68. The van der Waals surface area contributed by atoms with Crippen LogP contribution in [0.15, 0.2) is 47.7 Å². The van der Waals surface area contributed by atoms with Crippen molar-refractivity contribution < 1.29 is 4.79 Å². The number of aryl methyl sites for hydroxylation is 2. The fourth-order valence-electron chi connectivity index (χ4n) is 2.27. The number of nitrogens with two attached hydrogens (primary N) is 1. The number of nitrogens with one attached hydrogen (secondary N) is 2. The minimum Gasteiger partial charge on any atom is -0.397 e. The molecule has 0 aliphatic heterocycles. The van der Waals surface area contributed by atoms with Gasteiger partial charge in [0.15, 0.2) is 0 Å². The molecule has 26 heavy (non-hydrogen) atoms. The van der Waals surface area contributed by atoms with Crippen molar-refractivity contribution in [1.29, 1.82) is 0 Å². The zero-order valence-electron chi connectivity index (χ0n) is 15.2. The van der Waals surface area contributed by atoms with Crippen LogP contribution in [0.25, 0.3) is 5.70 Å². The number of benzene rings is 1. The molecule has 1 amide bonds. The number of carbonyl (C=O) groups is 1. The van der Waals surface area contributed by atoms with E-state index in [1.165, 1.54) is 6.92 Å². The smallest absolute Gasteiger partial charge is 0.217 e.